The van der Waals surface area contributed by atoms with E-state index in [1.165, 1.54) is 10.3 Å². The molecule has 2 aromatic carbocycles. The average molecular weight is 390 g/mol. The van der Waals surface area contributed by atoms with Gasteiger partial charge in [0.15, 0.2) is 0 Å². The molecule has 2 N–H and O–H groups in total. The maximum Gasteiger partial charge on any atom is 0.319 e. The number of para-hydroxylation sites is 1. The molecule has 0 aliphatic heterocycles. The molecule has 5 heteroatoms. The summed E-state index contributed by atoms with van der Waals surface area (Å²) in [5.74, 6) is 0. The minimum absolute atomic E-state index is 0.196. The maximum atomic E-state index is 12.6. The second-order valence-corrected chi connectivity index (χ2v) is 7.95. The lowest BCUT2D eigenvalue weighted by molar-refractivity contribution is 0.252. The van der Waals surface area contributed by atoms with Crippen LogP contribution in [0.5, 0.6) is 0 Å². The van der Waals surface area contributed by atoms with E-state index >= 15 is 0 Å². The first-order valence-electron chi connectivity index (χ1n) is 9.27. The molecule has 0 unspecified atom stereocenters. The average Bonchev–Trinajstić information content (AvgIpc) is 3.30. The fourth-order valence-corrected chi connectivity index (χ4v) is 4.42. The number of nitrogens with one attached hydrogen (secondary N) is 2. The summed E-state index contributed by atoms with van der Waals surface area (Å²) in [5, 5.41) is 9.27. The van der Waals surface area contributed by atoms with Crippen LogP contribution in [0.1, 0.15) is 16.7 Å². The number of rotatable bonds is 4. The van der Waals surface area contributed by atoms with E-state index < -0.39 is 0 Å². The highest BCUT2D eigenvalue weighted by molar-refractivity contribution is 7.13. The predicted octanol–water partition coefficient (Wildman–Crippen LogP) is 5.85. The Kier molecular flexibility index (Phi) is 4.92. The van der Waals surface area contributed by atoms with Crippen molar-refractivity contribution in [3.8, 4) is 10.6 Å². The zero-order chi connectivity index (χ0) is 19.7. The van der Waals surface area contributed by atoms with Crippen molar-refractivity contribution >= 4 is 34.0 Å². The molecule has 0 atom stereocenters. The van der Waals surface area contributed by atoms with Crippen molar-refractivity contribution < 1.29 is 4.79 Å². The van der Waals surface area contributed by atoms with Crippen molar-refractivity contribution in [1.82, 2.24) is 9.88 Å². The highest BCUT2D eigenvalue weighted by Gasteiger charge is 2.17. The van der Waals surface area contributed by atoms with Crippen molar-refractivity contribution in [2.75, 3.05) is 5.32 Å². The van der Waals surface area contributed by atoms with Gasteiger partial charge in [0.1, 0.15) is 0 Å². The summed E-state index contributed by atoms with van der Waals surface area (Å²) in [6, 6.07) is 18.4. The fraction of sp³-hybridized carbons (Fsp3) is 0.174. The van der Waals surface area contributed by atoms with Crippen molar-refractivity contribution in [2.45, 2.75) is 20.4 Å². The number of aromatic nitrogens is 1. The quantitative estimate of drug-likeness (QED) is 0.452. The molecular formula is C23H23N3OS. The zero-order valence-electron chi connectivity index (χ0n) is 16.2. The lowest BCUT2D eigenvalue weighted by atomic mass is 10.1. The molecule has 4 aromatic rings. The first-order valence-corrected chi connectivity index (χ1v) is 10.1. The summed E-state index contributed by atoms with van der Waals surface area (Å²) in [4.78, 5) is 13.8. The van der Waals surface area contributed by atoms with Crippen LogP contribution in [-0.2, 0) is 13.6 Å². The van der Waals surface area contributed by atoms with Gasteiger partial charge in [-0.25, -0.2) is 4.79 Å². The van der Waals surface area contributed by atoms with E-state index in [0.29, 0.717) is 6.54 Å². The van der Waals surface area contributed by atoms with Gasteiger partial charge in [-0.05, 0) is 48.6 Å². The minimum Gasteiger partial charge on any atom is -0.343 e. The number of hydrogen-bond acceptors (Lipinski definition) is 2. The van der Waals surface area contributed by atoms with Gasteiger partial charge in [-0.15, -0.1) is 11.3 Å². The van der Waals surface area contributed by atoms with Gasteiger partial charge in [-0.1, -0.05) is 36.4 Å². The third-order valence-corrected chi connectivity index (χ3v) is 5.91. The number of anilines is 1. The van der Waals surface area contributed by atoms with Crippen LogP contribution in [-0.4, -0.2) is 10.6 Å². The summed E-state index contributed by atoms with van der Waals surface area (Å²) >= 11 is 1.71. The Hall–Kier alpha value is -3.05. The van der Waals surface area contributed by atoms with Gasteiger partial charge >= 0.3 is 6.03 Å². The van der Waals surface area contributed by atoms with Crippen LogP contribution in [0, 0.1) is 13.8 Å². The van der Waals surface area contributed by atoms with Crippen molar-refractivity contribution in [1.29, 1.82) is 0 Å². The molecule has 0 saturated carbocycles. The van der Waals surface area contributed by atoms with E-state index in [1.807, 2.05) is 44.2 Å². The van der Waals surface area contributed by atoms with E-state index in [0.717, 1.165) is 33.6 Å². The predicted molar refractivity (Wildman–Crippen MR) is 118 cm³/mol. The number of benzene rings is 2. The van der Waals surface area contributed by atoms with Gasteiger partial charge in [0.25, 0.3) is 0 Å². The molecule has 2 aromatic heterocycles. The Bertz CT molecular complexity index is 1140. The number of nitrogens with zero attached hydrogens (tertiary/aromatic N) is 1. The van der Waals surface area contributed by atoms with E-state index in [2.05, 4.69) is 51.9 Å². The standard InChI is InChI=1S/C23H23N3OS/c1-15-10-11-16(2)19(13-15)25-23(27)24-14-18-17-7-4-5-8-20(17)26(3)22(18)21-9-6-12-28-21/h4-13H,14H2,1-3H3,(H2,24,25,27). The smallest absolute Gasteiger partial charge is 0.319 e. The van der Waals surface area contributed by atoms with Gasteiger partial charge in [0, 0.05) is 35.7 Å². The SMILES string of the molecule is Cc1ccc(C)c(NC(=O)NCc2c(-c3cccs3)n(C)c3ccccc23)c1. The monoisotopic (exact) mass is 389 g/mol. The van der Waals surface area contributed by atoms with Crippen LogP contribution >= 0.6 is 11.3 Å². The first kappa shape index (κ1) is 18.3. The third kappa shape index (κ3) is 3.41. The Labute approximate surface area is 168 Å². The van der Waals surface area contributed by atoms with Gasteiger partial charge in [-0.3, -0.25) is 0 Å². The zero-order valence-corrected chi connectivity index (χ0v) is 17.1. The summed E-state index contributed by atoms with van der Waals surface area (Å²) < 4.78 is 2.21. The number of amides is 2. The van der Waals surface area contributed by atoms with Gasteiger partial charge < -0.3 is 15.2 Å². The highest BCUT2D eigenvalue weighted by atomic mass is 32.1. The number of carbonyl (C=O) groups is 1. The molecule has 0 aliphatic carbocycles. The van der Waals surface area contributed by atoms with Crippen LogP contribution in [0.15, 0.2) is 60.0 Å². The van der Waals surface area contributed by atoms with Crippen molar-refractivity contribution in [2.24, 2.45) is 7.05 Å². The lowest BCUT2D eigenvalue weighted by Crippen LogP contribution is -2.28. The maximum absolute atomic E-state index is 12.6. The van der Waals surface area contributed by atoms with Gasteiger partial charge in [0.2, 0.25) is 0 Å². The van der Waals surface area contributed by atoms with Crippen LogP contribution in [0.3, 0.4) is 0 Å². The van der Waals surface area contributed by atoms with Crippen LogP contribution in [0.25, 0.3) is 21.5 Å². The van der Waals surface area contributed by atoms with Crippen LogP contribution in [0.2, 0.25) is 0 Å². The second-order valence-electron chi connectivity index (χ2n) is 7.01. The number of urea groups is 1. The molecule has 0 saturated heterocycles. The molecular weight excluding hydrogens is 366 g/mol. The Balaban J connectivity index is 1.62. The normalized spacial score (nSPS) is 11.0. The van der Waals surface area contributed by atoms with Gasteiger partial charge in [0.05, 0.1) is 10.6 Å². The molecule has 4 rings (SSSR count). The molecule has 0 radical (unpaired) electrons. The Morgan fingerprint density at radius 3 is 2.68 bits per heavy atom. The molecule has 0 fully saturated rings. The molecule has 0 aliphatic rings. The van der Waals surface area contributed by atoms with Crippen LogP contribution < -0.4 is 10.6 Å². The lowest BCUT2D eigenvalue weighted by Gasteiger charge is -2.12. The Morgan fingerprint density at radius 2 is 1.89 bits per heavy atom. The molecule has 2 heterocycles. The molecule has 142 valence electrons. The first-order chi connectivity index (χ1) is 13.5. The third-order valence-electron chi connectivity index (χ3n) is 5.03. The second kappa shape index (κ2) is 7.52. The van der Waals surface area contributed by atoms with Crippen molar-refractivity contribution in [3.05, 3.63) is 76.7 Å². The van der Waals surface area contributed by atoms with E-state index in [4.69, 9.17) is 0 Å². The van der Waals surface area contributed by atoms with E-state index in [1.54, 1.807) is 11.3 Å². The highest BCUT2D eigenvalue weighted by Crippen LogP contribution is 2.35. The minimum atomic E-state index is -0.196. The fourth-order valence-electron chi connectivity index (χ4n) is 3.58. The van der Waals surface area contributed by atoms with Crippen LogP contribution in [0.4, 0.5) is 10.5 Å². The molecule has 0 bridgehead atoms. The van der Waals surface area contributed by atoms with E-state index in [9.17, 15) is 4.79 Å². The number of carbonyl (C=O) groups excluding carboxylic acids is 1. The Morgan fingerprint density at radius 1 is 1.07 bits per heavy atom. The van der Waals surface area contributed by atoms with Gasteiger partial charge in [-0.2, -0.15) is 0 Å². The van der Waals surface area contributed by atoms with Crippen molar-refractivity contribution in [3.63, 3.8) is 0 Å². The number of hydrogen-bond donors (Lipinski definition) is 2. The number of fused-ring (bicyclic) bond motifs is 1. The topological polar surface area (TPSA) is 46.1 Å². The van der Waals surface area contributed by atoms with E-state index in [-0.39, 0.29) is 6.03 Å². The largest absolute Gasteiger partial charge is 0.343 e. The molecule has 28 heavy (non-hydrogen) atoms. The summed E-state index contributed by atoms with van der Waals surface area (Å²) in [6.07, 6.45) is 0. The summed E-state index contributed by atoms with van der Waals surface area (Å²) in [5.41, 5.74) is 6.46. The molecule has 4 nitrogen and oxygen atoms in total. The summed E-state index contributed by atoms with van der Waals surface area (Å²) in [6.45, 7) is 4.48. The summed E-state index contributed by atoms with van der Waals surface area (Å²) in [7, 11) is 2.08. The number of thiophene rings is 1. The molecule has 0 spiro atoms. The number of aryl methyl sites for hydroxylation is 3. The molecule has 2 amide bonds.